The Labute approximate surface area is 150 Å². The number of hydrogen-bond donors (Lipinski definition) is 1. The Kier molecular flexibility index (Phi) is 3.93. The summed E-state index contributed by atoms with van der Waals surface area (Å²) in [6.07, 6.45) is 1.82. The highest BCUT2D eigenvalue weighted by molar-refractivity contribution is 5.84. The summed E-state index contributed by atoms with van der Waals surface area (Å²) < 4.78 is 6.77. The van der Waals surface area contributed by atoms with Gasteiger partial charge < -0.3 is 4.74 Å². The van der Waals surface area contributed by atoms with E-state index in [9.17, 15) is 4.79 Å². The Morgan fingerprint density at radius 3 is 2.62 bits per heavy atom. The highest BCUT2D eigenvalue weighted by Crippen LogP contribution is 2.16. The van der Waals surface area contributed by atoms with Gasteiger partial charge >= 0.3 is 0 Å². The molecule has 1 heterocycles. The maximum Gasteiger partial charge on any atom is 0.279 e. The quantitative estimate of drug-likeness (QED) is 0.622. The van der Waals surface area contributed by atoms with Crippen molar-refractivity contribution in [2.45, 2.75) is 0 Å². The van der Waals surface area contributed by atoms with Crippen LogP contribution in [0.5, 0.6) is 5.75 Å². The number of H-pyrrole nitrogens is 1. The van der Waals surface area contributed by atoms with Crippen molar-refractivity contribution in [2.75, 3.05) is 7.11 Å². The number of hydrogen-bond acceptors (Lipinski definition) is 2. The molecule has 0 atom stereocenters. The van der Waals surface area contributed by atoms with Crippen molar-refractivity contribution < 1.29 is 4.74 Å². The maximum absolute atomic E-state index is 12.9. The van der Waals surface area contributed by atoms with Crippen LogP contribution in [0.25, 0.3) is 29.1 Å². The van der Waals surface area contributed by atoms with Crippen LogP contribution < -0.4 is 20.9 Å². The molecule has 0 saturated carbocycles. The van der Waals surface area contributed by atoms with Gasteiger partial charge in [0.05, 0.1) is 23.4 Å². The van der Waals surface area contributed by atoms with E-state index in [2.05, 4.69) is 11.7 Å². The fourth-order valence-corrected chi connectivity index (χ4v) is 3.04. The number of benzene rings is 3. The summed E-state index contributed by atoms with van der Waals surface area (Å²) in [5.74, 6) is 0.745. The van der Waals surface area contributed by atoms with Crippen LogP contribution in [0.4, 0.5) is 0 Å². The molecule has 0 fully saturated rings. The van der Waals surface area contributed by atoms with Crippen molar-refractivity contribution >= 4 is 23.4 Å². The van der Waals surface area contributed by atoms with Crippen molar-refractivity contribution in [1.29, 1.82) is 0 Å². The SMILES string of the molecule is C=c1[nH]n(-c2ccc3ccccc3c2)c(=O)/c1=C/c1cccc(OC)c1. The van der Waals surface area contributed by atoms with Crippen molar-refractivity contribution in [1.82, 2.24) is 9.78 Å². The van der Waals surface area contributed by atoms with Gasteiger partial charge in [-0.3, -0.25) is 9.89 Å². The number of nitrogens with one attached hydrogen (secondary N) is 1. The van der Waals surface area contributed by atoms with Gasteiger partial charge in [0, 0.05) is 0 Å². The summed E-state index contributed by atoms with van der Waals surface area (Å²) in [6, 6.07) is 21.5. The third-order valence-corrected chi connectivity index (χ3v) is 4.40. The summed E-state index contributed by atoms with van der Waals surface area (Å²) in [7, 11) is 1.62. The predicted molar refractivity (Wildman–Crippen MR) is 105 cm³/mol. The van der Waals surface area contributed by atoms with Crippen LogP contribution >= 0.6 is 0 Å². The Balaban J connectivity index is 1.87. The zero-order valence-electron chi connectivity index (χ0n) is 14.4. The maximum atomic E-state index is 12.9. The second-order valence-corrected chi connectivity index (χ2v) is 6.10. The van der Waals surface area contributed by atoms with E-state index in [0.717, 1.165) is 27.8 Å². The van der Waals surface area contributed by atoms with Gasteiger partial charge in [-0.15, -0.1) is 0 Å². The van der Waals surface area contributed by atoms with Crippen molar-refractivity contribution in [2.24, 2.45) is 0 Å². The zero-order chi connectivity index (χ0) is 18.1. The normalized spacial score (nSPS) is 11.8. The molecule has 0 radical (unpaired) electrons. The third-order valence-electron chi connectivity index (χ3n) is 4.40. The van der Waals surface area contributed by atoms with Gasteiger partial charge in [-0.2, -0.15) is 0 Å². The molecule has 26 heavy (non-hydrogen) atoms. The number of aromatic amines is 1. The van der Waals surface area contributed by atoms with Gasteiger partial charge in [0.2, 0.25) is 0 Å². The molecule has 0 unspecified atom stereocenters. The third kappa shape index (κ3) is 2.82. The van der Waals surface area contributed by atoms with E-state index in [4.69, 9.17) is 4.74 Å². The van der Waals surface area contributed by atoms with Crippen molar-refractivity contribution in [3.63, 3.8) is 0 Å². The fraction of sp³-hybridized carbons (Fsp3) is 0.0455. The molecule has 0 aliphatic carbocycles. The Hall–Kier alpha value is -3.53. The topological polar surface area (TPSA) is 47.0 Å². The number of rotatable bonds is 3. The molecule has 0 aliphatic heterocycles. The van der Waals surface area contributed by atoms with Crippen LogP contribution in [0, 0.1) is 0 Å². The number of aromatic nitrogens is 2. The van der Waals surface area contributed by atoms with Gasteiger partial charge in [0.25, 0.3) is 5.56 Å². The predicted octanol–water partition coefficient (Wildman–Crippen LogP) is 2.57. The lowest BCUT2D eigenvalue weighted by Gasteiger charge is -2.03. The van der Waals surface area contributed by atoms with Crippen LogP contribution in [-0.2, 0) is 0 Å². The Morgan fingerprint density at radius 2 is 1.81 bits per heavy atom. The summed E-state index contributed by atoms with van der Waals surface area (Å²) >= 11 is 0. The van der Waals surface area contributed by atoms with Crippen LogP contribution in [-0.4, -0.2) is 16.9 Å². The second-order valence-electron chi connectivity index (χ2n) is 6.10. The molecule has 1 N–H and O–H groups in total. The standard InChI is InChI=1S/C22H18N2O2/c1-15-21(13-16-6-5-9-20(12-16)26-2)22(25)24(23-15)19-11-10-17-7-3-4-8-18(17)14-19/h3-14,23H,1H2,2H3/b21-13+. The van der Waals surface area contributed by atoms with Crippen LogP contribution in [0.2, 0.25) is 0 Å². The van der Waals surface area contributed by atoms with E-state index < -0.39 is 0 Å². The molecular weight excluding hydrogens is 324 g/mol. The number of ether oxygens (including phenoxy) is 1. The summed E-state index contributed by atoms with van der Waals surface area (Å²) in [6.45, 7) is 3.99. The zero-order valence-corrected chi connectivity index (χ0v) is 14.4. The molecule has 0 amide bonds. The van der Waals surface area contributed by atoms with E-state index >= 15 is 0 Å². The number of nitrogens with zero attached hydrogens (tertiary/aromatic N) is 1. The second kappa shape index (κ2) is 6.41. The van der Waals surface area contributed by atoms with Crippen molar-refractivity contribution in [3.8, 4) is 11.4 Å². The monoisotopic (exact) mass is 342 g/mol. The largest absolute Gasteiger partial charge is 0.497 e. The minimum atomic E-state index is -0.131. The van der Waals surface area contributed by atoms with E-state index in [0.29, 0.717) is 10.6 Å². The molecular formula is C22H18N2O2. The Bertz CT molecular complexity index is 1270. The molecule has 3 aromatic carbocycles. The summed E-state index contributed by atoms with van der Waals surface area (Å²) in [5.41, 5.74) is 1.54. The average molecular weight is 342 g/mol. The number of methoxy groups -OCH3 is 1. The lowest BCUT2D eigenvalue weighted by molar-refractivity contribution is 0.414. The van der Waals surface area contributed by atoms with Gasteiger partial charge in [-0.1, -0.05) is 49.0 Å². The molecule has 0 aliphatic rings. The minimum Gasteiger partial charge on any atom is -0.497 e. The van der Waals surface area contributed by atoms with Crippen molar-refractivity contribution in [3.05, 3.63) is 93.2 Å². The lowest BCUT2D eigenvalue weighted by atomic mass is 10.1. The molecule has 0 saturated heterocycles. The first-order chi connectivity index (χ1) is 12.7. The van der Waals surface area contributed by atoms with Gasteiger partial charge in [0.15, 0.2) is 0 Å². The first-order valence-corrected chi connectivity index (χ1v) is 8.30. The molecule has 128 valence electrons. The first kappa shape index (κ1) is 16.0. The van der Waals surface area contributed by atoms with E-state index in [1.807, 2.05) is 72.8 Å². The van der Waals surface area contributed by atoms with Crippen LogP contribution in [0.1, 0.15) is 5.56 Å². The Morgan fingerprint density at radius 1 is 1.00 bits per heavy atom. The first-order valence-electron chi connectivity index (χ1n) is 8.30. The summed E-state index contributed by atoms with van der Waals surface area (Å²) in [5, 5.41) is 6.39. The van der Waals surface area contributed by atoms with Crippen LogP contribution in [0.15, 0.2) is 71.5 Å². The van der Waals surface area contributed by atoms with Gasteiger partial charge in [-0.25, -0.2) is 4.68 Å². The molecule has 4 heteroatoms. The molecule has 1 aromatic heterocycles. The average Bonchev–Trinajstić information content (AvgIpc) is 2.96. The smallest absolute Gasteiger partial charge is 0.279 e. The van der Waals surface area contributed by atoms with E-state index in [1.54, 1.807) is 7.11 Å². The van der Waals surface area contributed by atoms with E-state index in [1.165, 1.54) is 4.68 Å². The van der Waals surface area contributed by atoms with Gasteiger partial charge in [0.1, 0.15) is 5.75 Å². The van der Waals surface area contributed by atoms with Crippen LogP contribution in [0.3, 0.4) is 0 Å². The lowest BCUT2D eigenvalue weighted by Crippen LogP contribution is -2.33. The molecule has 4 rings (SSSR count). The highest BCUT2D eigenvalue weighted by Gasteiger charge is 2.06. The number of fused-ring (bicyclic) bond motifs is 1. The highest BCUT2D eigenvalue weighted by atomic mass is 16.5. The molecule has 0 spiro atoms. The fourth-order valence-electron chi connectivity index (χ4n) is 3.04. The van der Waals surface area contributed by atoms with Gasteiger partial charge in [-0.05, 0) is 46.7 Å². The summed E-state index contributed by atoms with van der Waals surface area (Å²) in [4.78, 5) is 12.9. The molecule has 4 aromatic rings. The van der Waals surface area contributed by atoms with E-state index in [-0.39, 0.29) is 5.56 Å². The molecule has 0 bridgehead atoms. The minimum absolute atomic E-state index is 0.131. The molecule has 4 nitrogen and oxygen atoms in total.